The first-order chi connectivity index (χ1) is 24.4. The van der Waals surface area contributed by atoms with E-state index in [4.69, 9.17) is 0 Å². The van der Waals surface area contributed by atoms with E-state index in [-0.39, 0.29) is 23.7 Å². The van der Waals surface area contributed by atoms with Gasteiger partial charge in [0.15, 0.2) is 0 Å². The first-order valence-electron chi connectivity index (χ1n) is 23.8. The molecule has 0 bridgehead atoms. The maximum Gasteiger partial charge on any atom is 0.255 e. The minimum Gasteiger partial charge on any atom is -0.206 e. The van der Waals surface area contributed by atoms with E-state index in [9.17, 15) is 8.78 Å². The lowest BCUT2D eigenvalue weighted by Gasteiger charge is -2.42. The van der Waals surface area contributed by atoms with Crippen LogP contribution in [0.2, 0.25) is 0 Å². The molecule has 2 heteroatoms. The Labute approximate surface area is 334 Å². The highest BCUT2D eigenvalue weighted by molar-refractivity contribution is 5.07. The molecule has 0 spiro atoms. The Balaban J connectivity index is 0.000000332. The van der Waals surface area contributed by atoms with Crippen molar-refractivity contribution in [3.63, 3.8) is 0 Å². The molecule has 0 aliphatic heterocycles. The van der Waals surface area contributed by atoms with Crippen molar-refractivity contribution in [3.05, 3.63) is 0 Å². The molecule has 0 nitrogen and oxygen atoms in total. The topological polar surface area (TPSA) is 0 Å². The van der Waals surface area contributed by atoms with Gasteiger partial charge in [0.05, 0.1) is 0 Å². The number of hydrogen-bond donors (Lipinski definition) is 0. The van der Waals surface area contributed by atoms with Gasteiger partial charge in [-0.1, -0.05) is 158 Å². The van der Waals surface area contributed by atoms with Crippen molar-refractivity contribution in [1.82, 2.24) is 0 Å². The third-order valence-electron chi connectivity index (χ3n) is 15.2. The van der Waals surface area contributed by atoms with Crippen LogP contribution in [-0.2, 0) is 0 Å². The second-order valence-corrected chi connectivity index (χ2v) is 22.5. The third-order valence-corrected chi connectivity index (χ3v) is 15.2. The van der Waals surface area contributed by atoms with Gasteiger partial charge < -0.3 is 0 Å². The fourth-order valence-electron chi connectivity index (χ4n) is 11.6. The smallest absolute Gasteiger partial charge is 0.206 e. The van der Waals surface area contributed by atoms with Gasteiger partial charge in [0, 0.05) is 11.8 Å². The Bertz CT molecular complexity index is 850. The zero-order chi connectivity index (χ0) is 41.1. The molecule has 0 radical (unpaired) electrons. The standard InChI is InChI=1S/C12H24.C11H22.C10H20.C9H16F2.C9H18/c1-9(2)11-7-5-6-8-12(11)10(3)4;1-8(2)10-6-5-7-11(10)9(3)4;1-7(2)9-5-6-10(9)8(3)4;1-5(2)7-8(6(3)4)9(7,10)11;1-6(2)8-5-9(8)7(3)4/h9-12H,5-8H2,1-4H3;8-11H,5-7H2,1-4H3;7-10H,5-6H2,1-4H3;5-8H,1-4H3;6-9H,5H2,1-4H3. The molecule has 5 aliphatic carbocycles. The van der Waals surface area contributed by atoms with E-state index in [0.717, 1.165) is 94.7 Å². The molecule has 0 amide bonds. The van der Waals surface area contributed by atoms with Crippen LogP contribution in [0.4, 0.5) is 8.78 Å². The van der Waals surface area contributed by atoms with E-state index in [0.29, 0.717) is 0 Å². The minimum absolute atomic E-state index is 0.123. The molecule has 318 valence electrons. The fourth-order valence-corrected chi connectivity index (χ4v) is 11.6. The van der Waals surface area contributed by atoms with E-state index >= 15 is 0 Å². The SMILES string of the molecule is CC(C)C1C(C(C)C)C1(F)F.CC(C)C1CC1C(C)C.CC(C)C1CCC1C(C)C.CC(C)C1CCCC1C(C)C.CC(C)C1CCCCC1C(C)C. The maximum absolute atomic E-state index is 13.0. The molecule has 0 heterocycles. The van der Waals surface area contributed by atoms with Crippen LogP contribution < -0.4 is 0 Å². The summed E-state index contributed by atoms with van der Waals surface area (Å²) in [5.74, 6) is 12.7. The van der Waals surface area contributed by atoms with E-state index in [1.807, 2.05) is 27.7 Å². The van der Waals surface area contributed by atoms with E-state index in [1.54, 1.807) is 0 Å². The summed E-state index contributed by atoms with van der Waals surface area (Å²) < 4.78 is 25.9. The molecule has 0 aromatic heterocycles. The second-order valence-electron chi connectivity index (χ2n) is 22.5. The van der Waals surface area contributed by atoms with Gasteiger partial charge in [-0.3, -0.25) is 0 Å². The Kier molecular flexibility index (Phi) is 22.4. The lowest BCUT2D eigenvalue weighted by molar-refractivity contribution is 0.0706. The Morgan fingerprint density at radius 3 is 0.642 bits per heavy atom. The highest BCUT2D eigenvalue weighted by atomic mass is 19.3. The number of alkyl halides is 2. The van der Waals surface area contributed by atoms with E-state index in [2.05, 4.69) is 111 Å². The van der Waals surface area contributed by atoms with E-state index in [1.165, 1.54) is 64.2 Å². The van der Waals surface area contributed by atoms with Gasteiger partial charge in [-0.2, -0.15) is 0 Å². The monoisotopic (exact) mass is 751 g/mol. The predicted molar refractivity (Wildman–Crippen MR) is 234 cm³/mol. The third kappa shape index (κ3) is 16.0. The Hall–Kier alpha value is -0.140. The van der Waals surface area contributed by atoms with Gasteiger partial charge in [-0.05, 0) is 151 Å². The fraction of sp³-hybridized carbons (Fsp3) is 1.00. The Morgan fingerprint density at radius 2 is 0.491 bits per heavy atom. The highest BCUT2D eigenvalue weighted by Crippen LogP contribution is 2.62. The molecule has 0 N–H and O–H groups in total. The largest absolute Gasteiger partial charge is 0.255 e. The molecule has 5 fully saturated rings. The molecule has 5 aliphatic rings. The molecular formula is C51H100F2. The van der Waals surface area contributed by atoms with Gasteiger partial charge in [0.25, 0.3) is 5.92 Å². The van der Waals surface area contributed by atoms with Gasteiger partial charge in [-0.15, -0.1) is 0 Å². The van der Waals surface area contributed by atoms with Crippen LogP contribution in [0.25, 0.3) is 0 Å². The molecule has 5 saturated carbocycles. The van der Waals surface area contributed by atoms with Crippen LogP contribution in [0.1, 0.15) is 203 Å². The van der Waals surface area contributed by atoms with Crippen molar-refractivity contribution < 1.29 is 8.78 Å². The quantitative estimate of drug-likeness (QED) is 0.209. The molecule has 0 aromatic carbocycles. The van der Waals surface area contributed by atoms with Crippen molar-refractivity contribution >= 4 is 0 Å². The number of hydrogen-bond acceptors (Lipinski definition) is 0. The van der Waals surface area contributed by atoms with Crippen molar-refractivity contribution in [2.24, 2.45) is 118 Å². The molecule has 10 unspecified atom stereocenters. The lowest BCUT2D eigenvalue weighted by atomic mass is 9.64. The van der Waals surface area contributed by atoms with E-state index < -0.39 is 5.92 Å². The summed E-state index contributed by atoms with van der Waals surface area (Å²) in [4.78, 5) is 0. The van der Waals surface area contributed by atoms with Crippen LogP contribution in [0.3, 0.4) is 0 Å². The molecular weight excluding hydrogens is 651 g/mol. The molecule has 0 saturated heterocycles. The van der Waals surface area contributed by atoms with Gasteiger partial charge in [0.1, 0.15) is 0 Å². The Morgan fingerprint density at radius 1 is 0.283 bits per heavy atom. The summed E-state index contributed by atoms with van der Waals surface area (Å²) in [5.41, 5.74) is 0. The zero-order valence-electron chi connectivity index (χ0n) is 39.9. The maximum atomic E-state index is 13.0. The van der Waals surface area contributed by atoms with Crippen molar-refractivity contribution in [2.45, 2.75) is 209 Å². The molecule has 53 heavy (non-hydrogen) atoms. The van der Waals surface area contributed by atoms with Crippen molar-refractivity contribution in [2.75, 3.05) is 0 Å². The summed E-state index contributed by atoms with van der Waals surface area (Å²) in [7, 11) is 0. The molecule has 0 aromatic rings. The first-order valence-corrected chi connectivity index (χ1v) is 23.8. The highest BCUT2D eigenvalue weighted by Gasteiger charge is 2.69. The number of rotatable bonds is 10. The lowest BCUT2D eigenvalue weighted by Crippen LogP contribution is -2.33. The molecule has 10 atom stereocenters. The second kappa shape index (κ2) is 23.3. The molecule has 5 rings (SSSR count). The summed E-state index contributed by atoms with van der Waals surface area (Å²) in [6.45, 7) is 45.4. The van der Waals surface area contributed by atoms with Crippen molar-refractivity contribution in [1.29, 1.82) is 0 Å². The van der Waals surface area contributed by atoms with Crippen LogP contribution in [0.5, 0.6) is 0 Å². The average molecular weight is 751 g/mol. The van der Waals surface area contributed by atoms with Gasteiger partial charge >= 0.3 is 0 Å². The van der Waals surface area contributed by atoms with Gasteiger partial charge in [-0.25, -0.2) is 8.78 Å². The normalized spacial score (nSPS) is 33.1. The van der Waals surface area contributed by atoms with Crippen LogP contribution in [-0.4, -0.2) is 5.92 Å². The van der Waals surface area contributed by atoms with Crippen LogP contribution >= 0.6 is 0 Å². The predicted octanol–water partition coefficient (Wildman–Crippen LogP) is 17.3. The summed E-state index contributed by atoms with van der Waals surface area (Å²) in [6.07, 6.45) is 14.8. The average Bonchev–Trinajstić information content (AvgIpc) is 3.86. The minimum atomic E-state index is -2.37. The van der Waals surface area contributed by atoms with Crippen LogP contribution in [0, 0.1) is 118 Å². The number of halogens is 2. The van der Waals surface area contributed by atoms with Crippen molar-refractivity contribution in [3.8, 4) is 0 Å². The first kappa shape index (κ1) is 50.9. The summed E-state index contributed by atoms with van der Waals surface area (Å²) in [5, 5.41) is 0. The van der Waals surface area contributed by atoms with Gasteiger partial charge in [0.2, 0.25) is 0 Å². The zero-order valence-corrected chi connectivity index (χ0v) is 39.9. The summed E-state index contributed by atoms with van der Waals surface area (Å²) >= 11 is 0. The van der Waals surface area contributed by atoms with Crippen LogP contribution in [0.15, 0.2) is 0 Å². The summed E-state index contributed by atoms with van der Waals surface area (Å²) in [6, 6.07) is 0.